The van der Waals surface area contributed by atoms with Crippen molar-refractivity contribution in [3.8, 4) is 0 Å². The van der Waals surface area contributed by atoms with Gasteiger partial charge in [-0.15, -0.1) is 0 Å². The molecule has 2 aliphatic heterocycles. The summed E-state index contributed by atoms with van der Waals surface area (Å²) in [4.78, 5) is 37.1. The summed E-state index contributed by atoms with van der Waals surface area (Å²) < 4.78 is 2.19. The molecular formula is C23H36N6O3. The van der Waals surface area contributed by atoms with Gasteiger partial charge < -0.3 is 14.6 Å². The summed E-state index contributed by atoms with van der Waals surface area (Å²) in [5, 5.41) is 11.0. The number of rotatable bonds is 5. The van der Waals surface area contributed by atoms with Crippen molar-refractivity contribution in [2.45, 2.75) is 64.3 Å². The maximum absolute atomic E-state index is 12.6. The Bertz CT molecular complexity index is 867. The van der Waals surface area contributed by atoms with Crippen LogP contribution in [-0.4, -0.2) is 81.6 Å². The first-order valence-corrected chi connectivity index (χ1v) is 12.2. The van der Waals surface area contributed by atoms with Crippen LogP contribution in [0.15, 0.2) is 0 Å². The second kappa shape index (κ2) is 8.67. The summed E-state index contributed by atoms with van der Waals surface area (Å²) in [6, 6.07) is -0.244. The normalized spacial score (nSPS) is 25.4. The number of aliphatic hydroxyl groups excluding tert-OH is 1. The van der Waals surface area contributed by atoms with Crippen LogP contribution >= 0.6 is 0 Å². The minimum atomic E-state index is -0.980. The average Bonchev–Trinajstić information content (AvgIpc) is 3.61. The topological polar surface area (TPSA) is 85.2 Å². The molecular weight excluding hydrogens is 408 g/mol. The van der Waals surface area contributed by atoms with E-state index in [0.29, 0.717) is 24.2 Å². The second-order valence-corrected chi connectivity index (χ2v) is 10.1. The number of hydrogen-bond donors (Lipinski definition) is 1. The molecule has 176 valence electrons. The molecule has 2 saturated carbocycles. The summed E-state index contributed by atoms with van der Waals surface area (Å²) in [5.74, 6) is 2.67. The highest BCUT2D eigenvalue weighted by Crippen LogP contribution is 2.36. The number of carbonyl (C=O) groups is 2. The van der Waals surface area contributed by atoms with E-state index in [2.05, 4.69) is 9.47 Å². The number of hydrogen-bond acceptors (Lipinski definition) is 5. The third-order valence-electron chi connectivity index (χ3n) is 7.73. The molecule has 0 spiro atoms. The monoisotopic (exact) mass is 444 g/mol. The Morgan fingerprint density at radius 2 is 1.72 bits per heavy atom. The lowest BCUT2D eigenvalue weighted by Gasteiger charge is -2.36. The van der Waals surface area contributed by atoms with Crippen molar-refractivity contribution >= 4 is 17.8 Å². The van der Waals surface area contributed by atoms with E-state index in [1.54, 1.807) is 19.0 Å². The Morgan fingerprint density at radius 1 is 1.03 bits per heavy atom. The number of aromatic nitrogens is 2. The molecule has 32 heavy (non-hydrogen) atoms. The van der Waals surface area contributed by atoms with Gasteiger partial charge in [0.1, 0.15) is 11.5 Å². The number of carbonyl (C=O) groups excluding carboxylic acids is 2. The molecule has 0 radical (unpaired) electrons. The second-order valence-electron chi connectivity index (χ2n) is 10.1. The lowest BCUT2D eigenvalue weighted by atomic mass is 9.89. The van der Waals surface area contributed by atoms with Crippen LogP contribution in [-0.2, 0) is 17.9 Å². The number of amides is 3. The van der Waals surface area contributed by atoms with Gasteiger partial charge in [-0.05, 0) is 31.6 Å². The number of urea groups is 1. The molecule has 9 heteroatoms. The molecule has 5 rings (SSSR count). The molecule has 1 N–H and O–H groups in total. The number of aliphatic hydroxyl groups is 1. The smallest absolute Gasteiger partial charge is 0.327 e. The van der Waals surface area contributed by atoms with Crippen LogP contribution < -0.4 is 4.90 Å². The zero-order valence-electron chi connectivity index (χ0n) is 19.4. The van der Waals surface area contributed by atoms with Gasteiger partial charge in [0.05, 0.1) is 6.54 Å². The average molecular weight is 445 g/mol. The third kappa shape index (κ3) is 4.01. The van der Waals surface area contributed by atoms with E-state index in [1.807, 2.05) is 4.90 Å². The highest BCUT2D eigenvalue weighted by molar-refractivity contribution is 5.93. The van der Waals surface area contributed by atoms with Crippen molar-refractivity contribution in [1.29, 1.82) is 0 Å². The van der Waals surface area contributed by atoms with Gasteiger partial charge in [0.2, 0.25) is 5.91 Å². The Morgan fingerprint density at radius 3 is 2.38 bits per heavy atom. The van der Waals surface area contributed by atoms with E-state index in [0.717, 1.165) is 57.1 Å². The summed E-state index contributed by atoms with van der Waals surface area (Å²) in [7, 11) is 3.37. The summed E-state index contributed by atoms with van der Waals surface area (Å²) >= 11 is 0. The van der Waals surface area contributed by atoms with E-state index >= 15 is 0 Å². The van der Waals surface area contributed by atoms with Gasteiger partial charge in [0.25, 0.3) is 0 Å². The van der Waals surface area contributed by atoms with Crippen molar-refractivity contribution < 1.29 is 14.7 Å². The van der Waals surface area contributed by atoms with Gasteiger partial charge in [-0.1, -0.05) is 19.3 Å². The molecule has 0 bridgehead atoms. The SMILES string of the molecule is CN1C(=O)N(C)C(O)c2c1nc(CN1CCN(C(=O)C3CC3)CC1)n2CC1CCCCC1. The molecule has 9 nitrogen and oxygen atoms in total. The zero-order valence-corrected chi connectivity index (χ0v) is 19.4. The lowest BCUT2D eigenvalue weighted by Crippen LogP contribution is -2.49. The molecule has 0 aromatic carbocycles. The first-order valence-electron chi connectivity index (χ1n) is 12.2. The molecule has 1 unspecified atom stereocenters. The summed E-state index contributed by atoms with van der Waals surface area (Å²) in [6.07, 6.45) is 7.34. The maximum Gasteiger partial charge on any atom is 0.327 e. The molecule has 4 aliphatic rings. The van der Waals surface area contributed by atoms with Crippen LogP contribution in [0.4, 0.5) is 10.6 Å². The largest absolute Gasteiger partial charge is 0.368 e. The fourth-order valence-corrected chi connectivity index (χ4v) is 5.48. The Labute approximate surface area is 190 Å². The summed E-state index contributed by atoms with van der Waals surface area (Å²) in [5.41, 5.74) is 0.734. The van der Waals surface area contributed by atoms with Crippen molar-refractivity contribution in [3.05, 3.63) is 11.5 Å². The number of fused-ring (bicyclic) bond motifs is 1. The van der Waals surface area contributed by atoms with Crippen molar-refractivity contribution in [1.82, 2.24) is 24.3 Å². The predicted molar refractivity (Wildman–Crippen MR) is 120 cm³/mol. The molecule has 2 aliphatic carbocycles. The van der Waals surface area contributed by atoms with Crippen LogP contribution in [0.5, 0.6) is 0 Å². The number of imidazole rings is 1. The first-order chi connectivity index (χ1) is 15.4. The molecule has 1 aromatic rings. The van der Waals surface area contributed by atoms with E-state index < -0.39 is 6.23 Å². The van der Waals surface area contributed by atoms with Crippen LogP contribution in [0.3, 0.4) is 0 Å². The fraction of sp³-hybridized carbons (Fsp3) is 0.783. The molecule has 1 saturated heterocycles. The lowest BCUT2D eigenvalue weighted by molar-refractivity contribution is -0.134. The number of nitrogens with zero attached hydrogens (tertiary/aromatic N) is 6. The van der Waals surface area contributed by atoms with Crippen LogP contribution in [0.2, 0.25) is 0 Å². The van der Waals surface area contributed by atoms with Gasteiger partial charge in [0, 0.05) is 52.7 Å². The van der Waals surface area contributed by atoms with Gasteiger partial charge >= 0.3 is 6.03 Å². The van der Waals surface area contributed by atoms with Gasteiger partial charge in [-0.3, -0.25) is 19.5 Å². The van der Waals surface area contributed by atoms with Crippen molar-refractivity contribution in [2.24, 2.45) is 11.8 Å². The molecule has 3 heterocycles. The van der Waals surface area contributed by atoms with Crippen LogP contribution in [0.25, 0.3) is 0 Å². The Hall–Kier alpha value is -2.13. The zero-order chi connectivity index (χ0) is 22.4. The van der Waals surface area contributed by atoms with Crippen LogP contribution in [0, 0.1) is 11.8 Å². The van der Waals surface area contributed by atoms with Gasteiger partial charge in [-0.25, -0.2) is 9.78 Å². The minimum Gasteiger partial charge on any atom is -0.368 e. The number of anilines is 1. The molecule has 3 fully saturated rings. The van der Waals surface area contributed by atoms with E-state index in [9.17, 15) is 14.7 Å². The predicted octanol–water partition coefficient (Wildman–Crippen LogP) is 2.01. The molecule has 1 atom stereocenters. The van der Waals surface area contributed by atoms with Crippen molar-refractivity contribution in [2.75, 3.05) is 45.2 Å². The number of piperazine rings is 1. The standard InChI is InChI=1S/C23H36N6O3/c1-25-20-19(22(31)26(2)23(25)32)29(14-16-6-4-3-5-7-16)18(24-20)15-27-10-12-28(13-11-27)21(30)17-8-9-17/h16-17,22,31H,3-15H2,1-2H3. The van der Waals surface area contributed by atoms with Gasteiger partial charge in [-0.2, -0.15) is 0 Å². The molecule has 1 aromatic heterocycles. The van der Waals surface area contributed by atoms with Gasteiger partial charge in [0.15, 0.2) is 12.0 Å². The van der Waals surface area contributed by atoms with E-state index in [1.165, 1.54) is 37.0 Å². The minimum absolute atomic E-state index is 0.244. The molecule has 3 amide bonds. The third-order valence-corrected chi connectivity index (χ3v) is 7.73. The highest BCUT2D eigenvalue weighted by atomic mass is 16.3. The quantitative estimate of drug-likeness (QED) is 0.751. The van der Waals surface area contributed by atoms with Crippen molar-refractivity contribution in [3.63, 3.8) is 0 Å². The Balaban J connectivity index is 1.37. The Kier molecular flexibility index (Phi) is 5.88. The fourth-order valence-electron chi connectivity index (χ4n) is 5.48. The first kappa shape index (κ1) is 21.7. The van der Waals surface area contributed by atoms with E-state index in [4.69, 9.17) is 4.98 Å². The maximum atomic E-state index is 12.6. The van der Waals surface area contributed by atoms with E-state index in [-0.39, 0.29) is 11.9 Å². The highest BCUT2D eigenvalue weighted by Gasteiger charge is 2.39. The summed E-state index contributed by atoms with van der Waals surface area (Å²) in [6.45, 7) is 4.70. The van der Waals surface area contributed by atoms with Crippen LogP contribution in [0.1, 0.15) is 62.7 Å².